The van der Waals surface area contributed by atoms with Crippen LogP contribution in [0, 0.1) is 0 Å². The van der Waals surface area contributed by atoms with Crippen LogP contribution in [0.5, 0.6) is 0 Å². The van der Waals surface area contributed by atoms with E-state index >= 15 is 0 Å². The Balaban J connectivity index is 2.32. The smallest absolute Gasteiger partial charge is 0.208 e. The van der Waals surface area contributed by atoms with Crippen molar-refractivity contribution in [2.24, 2.45) is 5.90 Å². The van der Waals surface area contributed by atoms with Crippen molar-refractivity contribution in [2.75, 3.05) is 18.0 Å². The average Bonchev–Trinajstić information content (AvgIpc) is 2.81. The largest absolute Gasteiger partial charge is 0.370 e. The third-order valence-corrected chi connectivity index (χ3v) is 3.46. The Kier molecular flexibility index (Phi) is 3.35. The molecule has 15 heavy (non-hydrogen) atoms. The fourth-order valence-electron chi connectivity index (χ4n) is 1.87. The van der Waals surface area contributed by atoms with E-state index < -0.39 is 11.1 Å². The van der Waals surface area contributed by atoms with Crippen LogP contribution in [-0.4, -0.2) is 17.3 Å². The molecule has 1 saturated heterocycles. The van der Waals surface area contributed by atoms with Crippen molar-refractivity contribution >= 4 is 16.8 Å². The van der Waals surface area contributed by atoms with Gasteiger partial charge < -0.3 is 4.90 Å². The molecule has 1 heterocycles. The summed E-state index contributed by atoms with van der Waals surface area (Å²) in [7, 11) is 0. The molecule has 1 fully saturated rings. The summed E-state index contributed by atoms with van der Waals surface area (Å²) in [5.41, 5.74) is 0.971. The first-order valence-electron chi connectivity index (χ1n) is 4.96. The predicted octanol–water partition coefficient (Wildman–Crippen LogP) is 1.20. The Morgan fingerprint density at radius 3 is 2.60 bits per heavy atom. The van der Waals surface area contributed by atoms with Crippen molar-refractivity contribution < 1.29 is 8.49 Å². The molecule has 2 rings (SSSR count). The van der Waals surface area contributed by atoms with Crippen molar-refractivity contribution in [1.29, 1.82) is 0 Å². The predicted molar refractivity (Wildman–Crippen MR) is 59.6 cm³/mol. The Bertz CT molecular complexity index is 364. The molecule has 0 aliphatic carbocycles. The van der Waals surface area contributed by atoms with Crippen molar-refractivity contribution in [3.05, 3.63) is 24.3 Å². The van der Waals surface area contributed by atoms with Gasteiger partial charge in [-0.05, 0) is 25.0 Å². The molecule has 1 atom stereocenters. The fourth-order valence-corrected chi connectivity index (χ4v) is 2.53. The molecule has 0 bridgehead atoms. The fraction of sp³-hybridized carbons (Fsp3) is 0.400. The van der Waals surface area contributed by atoms with Crippen LogP contribution in [0.3, 0.4) is 0 Å². The van der Waals surface area contributed by atoms with E-state index in [0.717, 1.165) is 18.8 Å². The number of benzene rings is 1. The van der Waals surface area contributed by atoms with Gasteiger partial charge in [0.15, 0.2) is 0 Å². The summed E-state index contributed by atoms with van der Waals surface area (Å²) in [6, 6.07) is 7.52. The lowest BCUT2D eigenvalue weighted by Crippen LogP contribution is -2.20. The molecule has 0 saturated carbocycles. The van der Waals surface area contributed by atoms with Crippen LogP contribution in [0.25, 0.3) is 0 Å². The molecule has 0 amide bonds. The summed E-state index contributed by atoms with van der Waals surface area (Å²) in [5, 5.41) is 0. The van der Waals surface area contributed by atoms with Gasteiger partial charge in [-0.15, -0.1) is 0 Å². The zero-order valence-electron chi connectivity index (χ0n) is 8.39. The molecule has 5 heteroatoms. The van der Waals surface area contributed by atoms with E-state index in [1.807, 2.05) is 18.2 Å². The topological polar surface area (TPSA) is 55.6 Å². The van der Waals surface area contributed by atoms with Crippen molar-refractivity contribution in [3.63, 3.8) is 0 Å². The summed E-state index contributed by atoms with van der Waals surface area (Å²) in [6.07, 6.45) is 2.37. The molecule has 1 unspecified atom stereocenters. The van der Waals surface area contributed by atoms with Crippen LogP contribution >= 0.6 is 0 Å². The molecule has 0 radical (unpaired) electrons. The number of nitrogens with two attached hydrogens (primary N) is 1. The Hall–Kier alpha value is -0.910. The van der Waals surface area contributed by atoms with Crippen molar-refractivity contribution in [2.45, 2.75) is 17.7 Å². The molecule has 4 nitrogen and oxygen atoms in total. The van der Waals surface area contributed by atoms with E-state index in [1.54, 1.807) is 6.07 Å². The lowest BCUT2D eigenvalue weighted by Gasteiger charge is -2.19. The normalized spacial score (nSPS) is 18.1. The van der Waals surface area contributed by atoms with E-state index in [-0.39, 0.29) is 0 Å². The molecule has 1 aromatic rings. The second kappa shape index (κ2) is 4.74. The van der Waals surface area contributed by atoms with Gasteiger partial charge in [0.1, 0.15) is 0 Å². The van der Waals surface area contributed by atoms with Crippen LogP contribution in [0.15, 0.2) is 29.2 Å². The van der Waals surface area contributed by atoms with Gasteiger partial charge in [0.25, 0.3) is 0 Å². The van der Waals surface area contributed by atoms with E-state index in [0.29, 0.717) is 4.90 Å². The molecule has 1 aliphatic rings. The highest BCUT2D eigenvalue weighted by Gasteiger charge is 2.18. The molecule has 82 valence electrons. The van der Waals surface area contributed by atoms with Crippen LogP contribution < -0.4 is 10.8 Å². The first-order valence-corrected chi connectivity index (χ1v) is 6.03. The quantitative estimate of drug-likeness (QED) is 0.787. The summed E-state index contributed by atoms with van der Waals surface area (Å²) >= 11 is -1.56. The number of nitrogens with zero attached hydrogens (tertiary/aromatic N) is 1. The molecule has 0 spiro atoms. The van der Waals surface area contributed by atoms with E-state index in [9.17, 15) is 4.21 Å². The van der Waals surface area contributed by atoms with Gasteiger partial charge in [-0.2, -0.15) is 10.2 Å². The first-order chi connectivity index (χ1) is 7.33. The zero-order chi connectivity index (χ0) is 10.7. The average molecular weight is 226 g/mol. The van der Waals surface area contributed by atoms with Crippen LogP contribution in [0.1, 0.15) is 12.8 Å². The number of hydrogen-bond donors (Lipinski definition) is 1. The highest BCUT2D eigenvalue weighted by Crippen LogP contribution is 2.26. The van der Waals surface area contributed by atoms with E-state index in [1.165, 1.54) is 12.8 Å². The number of rotatable bonds is 3. The van der Waals surface area contributed by atoms with E-state index in [2.05, 4.69) is 9.18 Å². The third-order valence-electron chi connectivity index (χ3n) is 2.58. The van der Waals surface area contributed by atoms with Gasteiger partial charge in [0.2, 0.25) is 11.1 Å². The van der Waals surface area contributed by atoms with Crippen molar-refractivity contribution in [3.8, 4) is 0 Å². The number of para-hydroxylation sites is 1. The standard InChI is InChI=1S/C10H14N2O2S/c11-14-15(13)10-6-2-1-5-9(10)12-7-3-4-8-12/h1-2,5-6H,3-4,7-8,11H2. The molecule has 2 N–H and O–H groups in total. The Labute approximate surface area is 91.6 Å². The monoisotopic (exact) mass is 226 g/mol. The Morgan fingerprint density at radius 1 is 1.27 bits per heavy atom. The summed E-state index contributed by atoms with van der Waals surface area (Å²) in [6.45, 7) is 2.03. The van der Waals surface area contributed by atoms with Crippen LogP contribution in [0.2, 0.25) is 0 Å². The van der Waals surface area contributed by atoms with Gasteiger partial charge in [0, 0.05) is 13.1 Å². The second-order valence-corrected chi connectivity index (χ2v) is 4.59. The van der Waals surface area contributed by atoms with Crippen LogP contribution in [-0.2, 0) is 15.4 Å². The van der Waals surface area contributed by atoms with Gasteiger partial charge in [-0.25, -0.2) is 4.21 Å². The maximum atomic E-state index is 11.5. The number of anilines is 1. The second-order valence-electron chi connectivity index (χ2n) is 3.49. The van der Waals surface area contributed by atoms with Gasteiger partial charge in [-0.1, -0.05) is 12.1 Å². The maximum Gasteiger partial charge on any atom is 0.208 e. The lowest BCUT2D eigenvalue weighted by molar-refractivity contribution is 0.367. The summed E-state index contributed by atoms with van der Waals surface area (Å²) in [4.78, 5) is 2.87. The lowest BCUT2D eigenvalue weighted by atomic mass is 10.3. The molecular formula is C10H14N2O2S. The number of hydrogen-bond acceptors (Lipinski definition) is 4. The maximum absolute atomic E-state index is 11.5. The van der Waals surface area contributed by atoms with Crippen molar-refractivity contribution in [1.82, 2.24) is 0 Å². The SMILES string of the molecule is NOS(=O)c1ccccc1N1CCCC1. The summed E-state index contributed by atoms with van der Waals surface area (Å²) < 4.78 is 15.9. The minimum Gasteiger partial charge on any atom is -0.370 e. The van der Waals surface area contributed by atoms with Crippen LogP contribution in [0.4, 0.5) is 5.69 Å². The van der Waals surface area contributed by atoms with Gasteiger partial charge in [-0.3, -0.25) is 0 Å². The Morgan fingerprint density at radius 2 is 1.93 bits per heavy atom. The van der Waals surface area contributed by atoms with Gasteiger partial charge >= 0.3 is 0 Å². The molecule has 1 aliphatic heterocycles. The van der Waals surface area contributed by atoms with E-state index in [4.69, 9.17) is 5.90 Å². The third kappa shape index (κ3) is 2.19. The minimum absolute atomic E-state index is 0.655. The molecule has 0 aromatic heterocycles. The van der Waals surface area contributed by atoms with Gasteiger partial charge in [0.05, 0.1) is 10.6 Å². The minimum atomic E-state index is -1.56. The first kappa shape index (κ1) is 10.6. The highest BCUT2D eigenvalue weighted by atomic mass is 32.2. The summed E-state index contributed by atoms with van der Waals surface area (Å²) in [5.74, 6) is 4.95. The zero-order valence-corrected chi connectivity index (χ0v) is 9.20. The highest BCUT2D eigenvalue weighted by molar-refractivity contribution is 7.80. The molecular weight excluding hydrogens is 212 g/mol. The molecule has 1 aromatic carbocycles.